The Morgan fingerprint density at radius 1 is 0.844 bits per heavy atom. The van der Waals surface area contributed by atoms with Crippen LogP contribution in [0.4, 0.5) is 5.69 Å². The molecular formula is C29H36NOP. The molecule has 168 valence electrons. The Balaban J connectivity index is 1.69. The second kappa shape index (κ2) is 10.1. The van der Waals surface area contributed by atoms with Crippen LogP contribution in [0.5, 0.6) is 5.75 Å². The van der Waals surface area contributed by atoms with Gasteiger partial charge in [-0.15, -0.1) is 0 Å². The number of nitrogens with zero attached hydrogens (tertiary/aromatic N) is 1. The molecule has 0 aliphatic carbocycles. The highest BCUT2D eigenvalue weighted by Crippen LogP contribution is 2.33. The van der Waals surface area contributed by atoms with Crippen LogP contribution in [0.1, 0.15) is 56.7 Å². The van der Waals surface area contributed by atoms with Gasteiger partial charge in [0, 0.05) is 29.4 Å². The first-order chi connectivity index (χ1) is 15.4. The Labute approximate surface area is 195 Å². The van der Waals surface area contributed by atoms with Crippen molar-refractivity contribution in [1.82, 2.24) is 0 Å². The summed E-state index contributed by atoms with van der Waals surface area (Å²) < 4.78 is 6.47. The monoisotopic (exact) mass is 445 g/mol. The van der Waals surface area contributed by atoms with Crippen molar-refractivity contribution in [2.75, 3.05) is 18.0 Å². The zero-order valence-electron chi connectivity index (χ0n) is 19.9. The first-order valence-corrected chi connectivity index (χ1v) is 12.8. The zero-order valence-corrected chi connectivity index (χ0v) is 20.9. The molecule has 1 fully saturated rings. The van der Waals surface area contributed by atoms with Crippen molar-refractivity contribution in [2.45, 2.75) is 59.0 Å². The standard InChI is InChI=1S/C29H36NOP/c1-22-19-24(29(2,3)4)20-27(28(22)31-21-23-13-7-5-8-14-23)32-26-16-10-9-15-25(26)30-17-11-6-12-18-30/h5,7-10,13-16,19-20,32H,6,11-12,17-18,21H2,1-4H3. The molecule has 0 aromatic heterocycles. The predicted molar refractivity (Wildman–Crippen MR) is 141 cm³/mol. The molecule has 0 spiro atoms. The summed E-state index contributed by atoms with van der Waals surface area (Å²) in [5.41, 5.74) is 5.31. The third-order valence-electron chi connectivity index (χ3n) is 6.24. The van der Waals surface area contributed by atoms with Crippen molar-refractivity contribution in [2.24, 2.45) is 0 Å². The van der Waals surface area contributed by atoms with Crippen LogP contribution in [0.3, 0.4) is 0 Å². The summed E-state index contributed by atoms with van der Waals surface area (Å²) in [4.78, 5) is 2.58. The van der Waals surface area contributed by atoms with E-state index in [0.29, 0.717) is 15.2 Å². The fourth-order valence-electron chi connectivity index (χ4n) is 4.36. The molecule has 0 amide bonds. The SMILES string of the molecule is Cc1cc(C(C)(C)C)cc(Pc2ccccc2N2CCCCC2)c1OCc1ccccc1. The van der Waals surface area contributed by atoms with Gasteiger partial charge in [-0.05, 0) is 60.4 Å². The van der Waals surface area contributed by atoms with Gasteiger partial charge in [0.1, 0.15) is 12.4 Å². The Bertz CT molecular complexity index is 1030. The minimum Gasteiger partial charge on any atom is -0.488 e. The molecule has 1 unspecified atom stereocenters. The second-order valence-corrected chi connectivity index (χ2v) is 11.2. The summed E-state index contributed by atoms with van der Waals surface area (Å²) in [7, 11) is 0.571. The highest BCUT2D eigenvalue weighted by Gasteiger charge is 2.21. The van der Waals surface area contributed by atoms with Gasteiger partial charge in [-0.2, -0.15) is 0 Å². The summed E-state index contributed by atoms with van der Waals surface area (Å²) in [6, 6.07) is 24.1. The largest absolute Gasteiger partial charge is 0.488 e. The molecular weight excluding hydrogens is 409 g/mol. The van der Waals surface area contributed by atoms with Gasteiger partial charge < -0.3 is 9.64 Å². The predicted octanol–water partition coefficient (Wildman–Crippen LogP) is 6.49. The van der Waals surface area contributed by atoms with Crippen molar-refractivity contribution < 1.29 is 4.74 Å². The average molecular weight is 446 g/mol. The molecule has 0 saturated carbocycles. The summed E-state index contributed by atoms with van der Waals surface area (Å²) in [6.45, 7) is 12.0. The number of para-hydroxylation sites is 1. The molecule has 2 nitrogen and oxygen atoms in total. The molecule has 32 heavy (non-hydrogen) atoms. The van der Waals surface area contributed by atoms with Crippen molar-refractivity contribution in [3.05, 3.63) is 83.4 Å². The van der Waals surface area contributed by atoms with Gasteiger partial charge in [-0.1, -0.05) is 83.9 Å². The van der Waals surface area contributed by atoms with E-state index in [4.69, 9.17) is 4.74 Å². The summed E-state index contributed by atoms with van der Waals surface area (Å²) in [5.74, 6) is 1.05. The second-order valence-electron chi connectivity index (χ2n) is 9.88. The van der Waals surface area contributed by atoms with E-state index in [1.54, 1.807) is 0 Å². The third-order valence-corrected chi connectivity index (χ3v) is 7.57. The third kappa shape index (κ3) is 5.54. The number of benzene rings is 3. The van der Waals surface area contributed by atoms with Crippen LogP contribution in [-0.2, 0) is 12.0 Å². The number of rotatable bonds is 6. The van der Waals surface area contributed by atoms with Crippen LogP contribution in [0.2, 0.25) is 0 Å². The number of ether oxygens (including phenoxy) is 1. The first-order valence-electron chi connectivity index (χ1n) is 11.8. The van der Waals surface area contributed by atoms with E-state index in [0.717, 1.165) is 5.75 Å². The fraction of sp³-hybridized carbons (Fsp3) is 0.379. The number of aryl methyl sites for hydroxylation is 1. The molecule has 4 rings (SSSR count). The van der Waals surface area contributed by atoms with Gasteiger partial charge in [-0.25, -0.2) is 0 Å². The highest BCUT2D eigenvalue weighted by atomic mass is 31.1. The van der Waals surface area contributed by atoms with E-state index in [2.05, 4.69) is 99.3 Å². The molecule has 1 atom stereocenters. The smallest absolute Gasteiger partial charge is 0.130 e. The van der Waals surface area contributed by atoms with Crippen LogP contribution in [0, 0.1) is 6.92 Å². The Kier molecular flexibility index (Phi) is 7.21. The van der Waals surface area contributed by atoms with E-state index in [1.807, 2.05) is 0 Å². The fourth-order valence-corrected chi connectivity index (χ4v) is 5.81. The van der Waals surface area contributed by atoms with E-state index in [1.165, 1.54) is 65.3 Å². The number of anilines is 1. The van der Waals surface area contributed by atoms with Gasteiger partial charge in [0.25, 0.3) is 0 Å². The lowest BCUT2D eigenvalue weighted by atomic mass is 9.86. The van der Waals surface area contributed by atoms with Gasteiger partial charge in [0.05, 0.1) is 0 Å². The Hall–Kier alpha value is -2.31. The van der Waals surface area contributed by atoms with E-state index in [-0.39, 0.29) is 5.41 Å². The normalized spacial score (nSPS) is 14.8. The molecule has 1 aliphatic heterocycles. The number of hydrogen-bond donors (Lipinski definition) is 0. The van der Waals surface area contributed by atoms with Crippen LogP contribution in [0.25, 0.3) is 0 Å². The Morgan fingerprint density at radius 2 is 1.53 bits per heavy atom. The van der Waals surface area contributed by atoms with Gasteiger partial charge in [0.2, 0.25) is 0 Å². The Morgan fingerprint density at radius 3 is 2.25 bits per heavy atom. The van der Waals surface area contributed by atoms with Crippen LogP contribution in [-0.4, -0.2) is 13.1 Å². The van der Waals surface area contributed by atoms with Crippen molar-refractivity contribution in [3.63, 3.8) is 0 Å². The first kappa shape index (κ1) is 22.9. The maximum atomic E-state index is 6.47. The highest BCUT2D eigenvalue weighted by molar-refractivity contribution is 7.56. The number of hydrogen-bond acceptors (Lipinski definition) is 2. The molecule has 3 aromatic carbocycles. The molecule has 0 N–H and O–H groups in total. The van der Waals surface area contributed by atoms with Crippen molar-refractivity contribution in [3.8, 4) is 5.75 Å². The van der Waals surface area contributed by atoms with Crippen LogP contribution < -0.4 is 20.2 Å². The van der Waals surface area contributed by atoms with Crippen LogP contribution in [0.15, 0.2) is 66.7 Å². The summed E-state index contributed by atoms with van der Waals surface area (Å²) >= 11 is 0. The lowest BCUT2D eigenvalue weighted by Crippen LogP contribution is -2.32. The minimum atomic E-state index is 0.105. The van der Waals surface area contributed by atoms with Gasteiger partial charge >= 0.3 is 0 Å². The van der Waals surface area contributed by atoms with E-state index in [9.17, 15) is 0 Å². The lowest BCUT2D eigenvalue weighted by Gasteiger charge is -2.31. The van der Waals surface area contributed by atoms with E-state index < -0.39 is 0 Å². The van der Waals surface area contributed by atoms with Crippen LogP contribution >= 0.6 is 8.58 Å². The molecule has 1 saturated heterocycles. The lowest BCUT2D eigenvalue weighted by molar-refractivity contribution is 0.306. The maximum absolute atomic E-state index is 6.47. The molecule has 0 radical (unpaired) electrons. The van der Waals surface area contributed by atoms with Crippen molar-refractivity contribution >= 4 is 24.9 Å². The minimum absolute atomic E-state index is 0.105. The maximum Gasteiger partial charge on any atom is 0.130 e. The zero-order chi connectivity index (χ0) is 22.6. The molecule has 1 aliphatic rings. The average Bonchev–Trinajstić information content (AvgIpc) is 2.79. The van der Waals surface area contributed by atoms with Gasteiger partial charge in [0.15, 0.2) is 0 Å². The quantitative estimate of drug-likeness (QED) is 0.402. The summed E-state index contributed by atoms with van der Waals surface area (Å²) in [6.07, 6.45) is 3.94. The summed E-state index contributed by atoms with van der Waals surface area (Å²) in [5, 5.41) is 2.74. The topological polar surface area (TPSA) is 12.5 Å². The van der Waals surface area contributed by atoms with E-state index >= 15 is 0 Å². The molecule has 3 aromatic rings. The van der Waals surface area contributed by atoms with Crippen molar-refractivity contribution in [1.29, 1.82) is 0 Å². The number of piperidine rings is 1. The van der Waals surface area contributed by atoms with Gasteiger partial charge in [-0.3, -0.25) is 0 Å². The molecule has 0 bridgehead atoms. The molecule has 1 heterocycles. The molecule has 3 heteroatoms.